The highest BCUT2D eigenvalue weighted by Crippen LogP contribution is 2.20. The van der Waals surface area contributed by atoms with E-state index < -0.39 is 0 Å². The van der Waals surface area contributed by atoms with Crippen LogP contribution in [-0.4, -0.2) is 68.5 Å². The summed E-state index contributed by atoms with van der Waals surface area (Å²) in [5, 5.41) is 3.29. The monoisotopic (exact) mass is 411 g/mol. The lowest BCUT2D eigenvalue weighted by Crippen LogP contribution is -2.53. The molecular formula is C23H30FN5O. The van der Waals surface area contributed by atoms with Gasteiger partial charge in [0, 0.05) is 59.8 Å². The molecule has 160 valence electrons. The zero-order valence-corrected chi connectivity index (χ0v) is 17.7. The number of nitrogens with zero attached hydrogens (tertiary/aromatic N) is 4. The van der Waals surface area contributed by atoms with Gasteiger partial charge >= 0.3 is 0 Å². The number of piperazine rings is 1. The Morgan fingerprint density at radius 2 is 1.73 bits per heavy atom. The molecule has 0 unspecified atom stereocenters. The van der Waals surface area contributed by atoms with Gasteiger partial charge in [-0.25, -0.2) is 4.39 Å². The first kappa shape index (κ1) is 21.6. The maximum atomic E-state index is 14.0. The van der Waals surface area contributed by atoms with Crippen LogP contribution < -0.4 is 10.2 Å². The van der Waals surface area contributed by atoms with Gasteiger partial charge in [0.25, 0.3) is 0 Å². The predicted octanol–water partition coefficient (Wildman–Crippen LogP) is 2.57. The maximum Gasteiger partial charge on any atom is 0.224 e. The van der Waals surface area contributed by atoms with E-state index in [0.717, 1.165) is 37.7 Å². The van der Waals surface area contributed by atoms with Gasteiger partial charge < -0.3 is 20.0 Å². The zero-order valence-electron chi connectivity index (χ0n) is 17.7. The topological polar surface area (TPSA) is 51.2 Å². The Balaban J connectivity index is 1.43. The molecular weight excluding hydrogens is 381 g/mol. The third kappa shape index (κ3) is 5.72. The van der Waals surface area contributed by atoms with Gasteiger partial charge in [-0.15, -0.1) is 0 Å². The van der Waals surface area contributed by atoms with Crippen molar-refractivity contribution in [2.45, 2.75) is 13.0 Å². The molecule has 2 aromatic rings. The number of hydrogen-bond donors (Lipinski definition) is 1. The van der Waals surface area contributed by atoms with E-state index in [0.29, 0.717) is 25.2 Å². The number of nitrogens with one attached hydrogen (secondary N) is 1. The first-order chi connectivity index (χ1) is 14.6. The Hall–Kier alpha value is -3.09. The minimum Gasteiger partial charge on any atom is -0.366 e. The largest absolute Gasteiger partial charge is 0.366 e. The van der Waals surface area contributed by atoms with Crippen LogP contribution in [0.2, 0.25) is 0 Å². The molecule has 1 amide bonds. The van der Waals surface area contributed by atoms with Crippen molar-refractivity contribution in [1.29, 1.82) is 0 Å². The highest BCUT2D eigenvalue weighted by atomic mass is 19.1. The van der Waals surface area contributed by atoms with Crippen molar-refractivity contribution in [3.63, 3.8) is 0 Å². The van der Waals surface area contributed by atoms with Gasteiger partial charge in [0.1, 0.15) is 5.82 Å². The number of amides is 1. The highest BCUT2D eigenvalue weighted by molar-refractivity contribution is 5.81. The fraction of sp³-hybridized carbons (Fsp3) is 0.391. The number of para-hydroxylation sites is 1. The minimum absolute atomic E-state index is 0.0891. The number of benzene rings is 2. The van der Waals surface area contributed by atoms with Gasteiger partial charge in [0.05, 0.1) is 5.69 Å². The summed E-state index contributed by atoms with van der Waals surface area (Å²) in [7, 11) is 3.57. The quantitative estimate of drug-likeness (QED) is 0.586. The Morgan fingerprint density at radius 1 is 1.07 bits per heavy atom. The van der Waals surface area contributed by atoms with Gasteiger partial charge in [-0.1, -0.05) is 42.5 Å². The average Bonchev–Trinajstić information content (AvgIpc) is 2.78. The summed E-state index contributed by atoms with van der Waals surface area (Å²) in [5.74, 6) is 0.680. The number of carbonyl (C=O) groups excluding carboxylic acids is 1. The van der Waals surface area contributed by atoms with E-state index in [-0.39, 0.29) is 11.7 Å². The number of anilines is 1. The van der Waals surface area contributed by atoms with Crippen molar-refractivity contribution >= 4 is 17.6 Å². The van der Waals surface area contributed by atoms with E-state index in [2.05, 4.69) is 20.1 Å². The number of hydrogen-bond acceptors (Lipinski definition) is 3. The third-order valence-corrected chi connectivity index (χ3v) is 5.29. The molecule has 0 aromatic heterocycles. The van der Waals surface area contributed by atoms with Gasteiger partial charge in [-0.2, -0.15) is 0 Å². The van der Waals surface area contributed by atoms with Gasteiger partial charge in [0.15, 0.2) is 5.96 Å². The van der Waals surface area contributed by atoms with Crippen molar-refractivity contribution in [1.82, 2.24) is 15.1 Å². The minimum atomic E-state index is -0.188. The molecule has 1 N–H and O–H groups in total. The van der Waals surface area contributed by atoms with Crippen LogP contribution in [-0.2, 0) is 11.3 Å². The smallest absolute Gasteiger partial charge is 0.224 e. The molecule has 1 heterocycles. The molecule has 2 aromatic carbocycles. The number of aliphatic imine (C=N–C) groups is 1. The van der Waals surface area contributed by atoms with Gasteiger partial charge in [0.2, 0.25) is 5.91 Å². The molecule has 0 atom stereocenters. The van der Waals surface area contributed by atoms with Gasteiger partial charge in [-0.05, 0) is 17.7 Å². The summed E-state index contributed by atoms with van der Waals surface area (Å²) < 4.78 is 14.0. The summed E-state index contributed by atoms with van der Waals surface area (Å²) in [6.45, 7) is 4.07. The van der Waals surface area contributed by atoms with Crippen LogP contribution in [0.15, 0.2) is 59.6 Å². The summed E-state index contributed by atoms with van der Waals surface area (Å²) in [5.41, 5.74) is 1.76. The summed E-state index contributed by atoms with van der Waals surface area (Å²) in [4.78, 5) is 22.7. The predicted molar refractivity (Wildman–Crippen MR) is 119 cm³/mol. The molecule has 1 fully saturated rings. The SMILES string of the molecule is CN=C(NCCC(=O)N(C)Cc1ccccc1)N1CCN(c2ccccc2F)CC1. The van der Waals surface area contributed by atoms with E-state index in [9.17, 15) is 9.18 Å². The molecule has 1 aliphatic rings. The lowest BCUT2D eigenvalue weighted by molar-refractivity contribution is -0.130. The van der Waals surface area contributed by atoms with Crippen molar-refractivity contribution in [2.24, 2.45) is 4.99 Å². The van der Waals surface area contributed by atoms with E-state index in [1.807, 2.05) is 49.5 Å². The van der Waals surface area contributed by atoms with Crippen LogP contribution in [0, 0.1) is 5.82 Å². The molecule has 0 bridgehead atoms. The molecule has 7 heteroatoms. The second-order valence-electron chi connectivity index (χ2n) is 7.38. The Labute approximate surface area is 178 Å². The van der Waals surface area contributed by atoms with Crippen LogP contribution in [0.4, 0.5) is 10.1 Å². The Bertz CT molecular complexity index is 850. The molecule has 0 radical (unpaired) electrons. The molecule has 3 rings (SSSR count). The normalized spacial score (nSPS) is 14.6. The highest BCUT2D eigenvalue weighted by Gasteiger charge is 2.21. The van der Waals surface area contributed by atoms with Crippen LogP contribution in [0.3, 0.4) is 0 Å². The average molecular weight is 412 g/mol. The Morgan fingerprint density at radius 3 is 2.40 bits per heavy atom. The van der Waals surface area contributed by atoms with Crippen molar-refractivity contribution in [3.8, 4) is 0 Å². The van der Waals surface area contributed by atoms with Crippen molar-refractivity contribution < 1.29 is 9.18 Å². The van der Waals surface area contributed by atoms with Gasteiger partial charge in [-0.3, -0.25) is 9.79 Å². The molecule has 0 saturated carbocycles. The fourth-order valence-corrected chi connectivity index (χ4v) is 3.62. The van der Waals surface area contributed by atoms with Crippen LogP contribution in [0.25, 0.3) is 0 Å². The van der Waals surface area contributed by atoms with Crippen LogP contribution in [0.1, 0.15) is 12.0 Å². The van der Waals surface area contributed by atoms with Crippen molar-refractivity contribution in [3.05, 3.63) is 66.0 Å². The molecule has 6 nitrogen and oxygen atoms in total. The second-order valence-corrected chi connectivity index (χ2v) is 7.38. The third-order valence-electron chi connectivity index (χ3n) is 5.29. The van der Waals surface area contributed by atoms with E-state index in [1.165, 1.54) is 6.07 Å². The summed E-state index contributed by atoms with van der Waals surface area (Å²) >= 11 is 0. The second kappa shape index (κ2) is 10.6. The lowest BCUT2D eigenvalue weighted by Gasteiger charge is -2.37. The standard InChI is InChI=1S/C23H30FN5O/c1-25-23(26-13-12-22(30)27(2)18-19-8-4-3-5-9-19)29-16-14-28(15-17-29)21-11-7-6-10-20(21)24/h3-11H,12-18H2,1-2H3,(H,25,26). The van der Waals surface area contributed by atoms with E-state index in [4.69, 9.17) is 0 Å². The number of carbonyl (C=O) groups is 1. The Kier molecular flexibility index (Phi) is 7.65. The molecule has 30 heavy (non-hydrogen) atoms. The fourth-order valence-electron chi connectivity index (χ4n) is 3.62. The van der Waals surface area contributed by atoms with E-state index in [1.54, 1.807) is 18.0 Å². The first-order valence-corrected chi connectivity index (χ1v) is 10.3. The molecule has 1 saturated heterocycles. The zero-order chi connectivity index (χ0) is 21.3. The van der Waals surface area contributed by atoms with E-state index >= 15 is 0 Å². The molecule has 0 spiro atoms. The molecule has 0 aliphatic carbocycles. The summed E-state index contributed by atoms with van der Waals surface area (Å²) in [6, 6.07) is 16.8. The van der Waals surface area contributed by atoms with Crippen molar-refractivity contribution in [2.75, 3.05) is 51.7 Å². The van der Waals surface area contributed by atoms with Crippen LogP contribution in [0.5, 0.6) is 0 Å². The first-order valence-electron chi connectivity index (χ1n) is 10.3. The van der Waals surface area contributed by atoms with Crippen LogP contribution >= 0.6 is 0 Å². The number of halogens is 1. The lowest BCUT2D eigenvalue weighted by atomic mass is 10.2. The number of guanidine groups is 1. The molecule has 1 aliphatic heterocycles. The number of rotatable bonds is 6. The summed E-state index contributed by atoms with van der Waals surface area (Å²) in [6.07, 6.45) is 0.400. The maximum absolute atomic E-state index is 14.0.